The summed E-state index contributed by atoms with van der Waals surface area (Å²) in [5, 5.41) is 0. The lowest BCUT2D eigenvalue weighted by Crippen LogP contribution is -2.52. The number of ether oxygens (including phenoxy) is 1. The number of hydrogen-bond acceptors (Lipinski definition) is 2. The molecule has 0 bridgehead atoms. The van der Waals surface area contributed by atoms with Crippen LogP contribution in [0.4, 0.5) is 4.79 Å². The summed E-state index contributed by atoms with van der Waals surface area (Å²) in [7, 11) is 0. The standard InChI is InChI=1S/C13H23NO2/c1-6-10(7-2)11-8-14(9-11)12(15)16-13(3,4)5/h6,11H,7-9H2,1-5H3/b10-6+. The maximum atomic E-state index is 11.7. The van der Waals surface area contributed by atoms with E-state index in [-0.39, 0.29) is 6.09 Å². The van der Waals surface area contributed by atoms with Gasteiger partial charge in [-0.2, -0.15) is 0 Å². The summed E-state index contributed by atoms with van der Waals surface area (Å²) >= 11 is 0. The van der Waals surface area contributed by atoms with Crippen molar-refractivity contribution in [2.45, 2.75) is 46.6 Å². The zero-order valence-corrected chi connectivity index (χ0v) is 11.0. The Balaban J connectivity index is 2.39. The molecule has 1 amide bonds. The number of carbonyl (C=O) groups excluding carboxylic acids is 1. The van der Waals surface area contributed by atoms with E-state index in [0.29, 0.717) is 5.92 Å². The van der Waals surface area contributed by atoms with Crippen LogP contribution in [0.1, 0.15) is 41.0 Å². The molecule has 1 aliphatic rings. The molecule has 0 saturated carbocycles. The van der Waals surface area contributed by atoms with Gasteiger partial charge in [-0.25, -0.2) is 4.79 Å². The van der Waals surface area contributed by atoms with Crippen LogP contribution in [0.15, 0.2) is 11.6 Å². The van der Waals surface area contributed by atoms with E-state index in [1.807, 2.05) is 20.8 Å². The monoisotopic (exact) mass is 225 g/mol. The molecule has 0 atom stereocenters. The number of likely N-dealkylation sites (tertiary alicyclic amines) is 1. The van der Waals surface area contributed by atoms with Crippen molar-refractivity contribution in [2.24, 2.45) is 5.92 Å². The number of rotatable bonds is 2. The molecule has 1 heterocycles. The highest BCUT2D eigenvalue weighted by Crippen LogP contribution is 2.26. The number of carbonyl (C=O) groups is 1. The summed E-state index contributed by atoms with van der Waals surface area (Å²) in [6.07, 6.45) is 3.05. The first-order valence-corrected chi connectivity index (χ1v) is 6.00. The number of nitrogens with zero attached hydrogens (tertiary/aromatic N) is 1. The van der Waals surface area contributed by atoms with Crippen molar-refractivity contribution in [3.8, 4) is 0 Å². The minimum atomic E-state index is -0.393. The van der Waals surface area contributed by atoms with Crippen molar-refractivity contribution in [3.05, 3.63) is 11.6 Å². The zero-order chi connectivity index (χ0) is 12.3. The molecule has 0 N–H and O–H groups in total. The smallest absolute Gasteiger partial charge is 0.410 e. The van der Waals surface area contributed by atoms with Crippen LogP contribution in [-0.4, -0.2) is 29.7 Å². The van der Waals surface area contributed by atoms with Crippen LogP contribution < -0.4 is 0 Å². The highest BCUT2D eigenvalue weighted by molar-refractivity contribution is 5.69. The molecule has 0 spiro atoms. The van der Waals surface area contributed by atoms with Gasteiger partial charge in [0.15, 0.2) is 0 Å². The number of allylic oxidation sites excluding steroid dienone is 1. The Hall–Kier alpha value is -0.990. The highest BCUT2D eigenvalue weighted by Gasteiger charge is 2.34. The topological polar surface area (TPSA) is 29.5 Å². The lowest BCUT2D eigenvalue weighted by molar-refractivity contribution is 0.00339. The van der Waals surface area contributed by atoms with Gasteiger partial charge in [0, 0.05) is 19.0 Å². The van der Waals surface area contributed by atoms with Gasteiger partial charge in [-0.1, -0.05) is 18.6 Å². The van der Waals surface area contributed by atoms with E-state index < -0.39 is 5.60 Å². The summed E-state index contributed by atoms with van der Waals surface area (Å²) in [6, 6.07) is 0. The lowest BCUT2D eigenvalue weighted by atomic mass is 9.90. The van der Waals surface area contributed by atoms with Crippen LogP contribution in [0, 0.1) is 5.92 Å². The first-order valence-electron chi connectivity index (χ1n) is 6.00. The van der Waals surface area contributed by atoms with E-state index in [1.165, 1.54) is 5.57 Å². The SMILES string of the molecule is C/C=C(\CC)C1CN(C(=O)OC(C)(C)C)C1. The Labute approximate surface area is 98.5 Å². The van der Waals surface area contributed by atoms with Crippen LogP contribution in [0.2, 0.25) is 0 Å². The first-order chi connectivity index (χ1) is 7.37. The third-order valence-electron chi connectivity index (χ3n) is 2.84. The second-order valence-electron chi connectivity index (χ2n) is 5.30. The second-order valence-corrected chi connectivity index (χ2v) is 5.30. The van der Waals surface area contributed by atoms with Crippen LogP contribution in [0.25, 0.3) is 0 Å². The molecule has 0 unspecified atom stereocenters. The highest BCUT2D eigenvalue weighted by atomic mass is 16.6. The molecule has 1 rings (SSSR count). The van der Waals surface area contributed by atoms with Gasteiger partial charge in [0.05, 0.1) is 0 Å². The van der Waals surface area contributed by atoms with E-state index >= 15 is 0 Å². The molecule has 0 aromatic heterocycles. The van der Waals surface area contributed by atoms with Crippen LogP contribution in [-0.2, 0) is 4.74 Å². The average Bonchev–Trinajstić information content (AvgIpc) is 2.06. The second kappa shape index (κ2) is 4.89. The Morgan fingerprint density at radius 1 is 1.44 bits per heavy atom. The fourth-order valence-electron chi connectivity index (χ4n) is 1.92. The van der Waals surface area contributed by atoms with Gasteiger partial charge < -0.3 is 9.64 Å². The Bertz CT molecular complexity index is 283. The van der Waals surface area contributed by atoms with Gasteiger partial charge in [-0.15, -0.1) is 0 Å². The molecule has 1 saturated heterocycles. The van der Waals surface area contributed by atoms with Gasteiger partial charge in [0.1, 0.15) is 5.60 Å². The number of amides is 1. The summed E-state index contributed by atoms with van der Waals surface area (Å²) in [5.41, 5.74) is 1.05. The summed E-state index contributed by atoms with van der Waals surface area (Å²) in [6.45, 7) is 11.5. The van der Waals surface area contributed by atoms with E-state index in [2.05, 4.69) is 19.9 Å². The van der Waals surface area contributed by atoms with E-state index in [1.54, 1.807) is 4.90 Å². The van der Waals surface area contributed by atoms with Gasteiger partial charge >= 0.3 is 6.09 Å². The van der Waals surface area contributed by atoms with E-state index in [4.69, 9.17) is 4.74 Å². The average molecular weight is 225 g/mol. The molecule has 92 valence electrons. The molecule has 0 radical (unpaired) electrons. The van der Waals surface area contributed by atoms with Crippen LogP contribution >= 0.6 is 0 Å². The van der Waals surface area contributed by atoms with Gasteiger partial charge in [0.25, 0.3) is 0 Å². The predicted molar refractivity (Wildman–Crippen MR) is 65.3 cm³/mol. The first kappa shape index (κ1) is 13.1. The van der Waals surface area contributed by atoms with Gasteiger partial charge in [-0.3, -0.25) is 0 Å². The molecule has 1 aliphatic heterocycles. The third kappa shape index (κ3) is 3.26. The normalized spacial score (nSPS) is 18.3. The van der Waals surface area contributed by atoms with Crippen molar-refractivity contribution in [1.29, 1.82) is 0 Å². The van der Waals surface area contributed by atoms with Crippen LogP contribution in [0.3, 0.4) is 0 Å². The Morgan fingerprint density at radius 3 is 2.38 bits per heavy atom. The summed E-state index contributed by atoms with van der Waals surface area (Å²) in [4.78, 5) is 13.4. The van der Waals surface area contributed by atoms with Crippen molar-refractivity contribution in [3.63, 3.8) is 0 Å². The maximum Gasteiger partial charge on any atom is 0.410 e. The molecule has 0 aliphatic carbocycles. The van der Waals surface area contributed by atoms with Gasteiger partial charge in [-0.05, 0) is 34.1 Å². The largest absolute Gasteiger partial charge is 0.444 e. The fourth-order valence-corrected chi connectivity index (χ4v) is 1.92. The molecule has 16 heavy (non-hydrogen) atoms. The lowest BCUT2D eigenvalue weighted by Gasteiger charge is -2.40. The molecule has 3 heteroatoms. The predicted octanol–water partition coefficient (Wildman–Crippen LogP) is 3.21. The van der Waals surface area contributed by atoms with E-state index in [9.17, 15) is 4.79 Å². The van der Waals surface area contributed by atoms with Crippen molar-refractivity contribution < 1.29 is 9.53 Å². The van der Waals surface area contributed by atoms with Gasteiger partial charge in [0.2, 0.25) is 0 Å². The quantitative estimate of drug-likeness (QED) is 0.675. The minimum absolute atomic E-state index is 0.185. The van der Waals surface area contributed by atoms with Crippen molar-refractivity contribution >= 4 is 6.09 Å². The van der Waals surface area contributed by atoms with Crippen molar-refractivity contribution in [1.82, 2.24) is 4.90 Å². The molecular weight excluding hydrogens is 202 g/mol. The fraction of sp³-hybridized carbons (Fsp3) is 0.769. The summed E-state index contributed by atoms with van der Waals surface area (Å²) < 4.78 is 5.30. The molecule has 0 aromatic carbocycles. The Kier molecular flexibility index (Phi) is 4.00. The van der Waals surface area contributed by atoms with Crippen molar-refractivity contribution in [2.75, 3.05) is 13.1 Å². The molecule has 3 nitrogen and oxygen atoms in total. The Morgan fingerprint density at radius 2 is 2.00 bits per heavy atom. The molecule has 0 aromatic rings. The zero-order valence-electron chi connectivity index (χ0n) is 11.0. The maximum absolute atomic E-state index is 11.7. The number of hydrogen-bond donors (Lipinski definition) is 0. The van der Waals surface area contributed by atoms with Crippen LogP contribution in [0.5, 0.6) is 0 Å². The molecular formula is C13H23NO2. The molecule has 1 fully saturated rings. The minimum Gasteiger partial charge on any atom is -0.444 e. The summed E-state index contributed by atoms with van der Waals surface area (Å²) in [5.74, 6) is 0.544. The van der Waals surface area contributed by atoms with E-state index in [0.717, 1.165) is 19.5 Å². The third-order valence-corrected chi connectivity index (χ3v) is 2.84.